The number of nitrogens with two attached hydrogens (primary N) is 1. The summed E-state index contributed by atoms with van der Waals surface area (Å²) in [5.41, 5.74) is 7.86. The van der Waals surface area contributed by atoms with Crippen molar-refractivity contribution in [3.8, 4) is 0 Å². The molecule has 3 rings (SSSR count). The summed E-state index contributed by atoms with van der Waals surface area (Å²) in [5.74, 6) is -0.0726. The Morgan fingerprint density at radius 2 is 1.90 bits per heavy atom. The van der Waals surface area contributed by atoms with Crippen LogP contribution in [0.2, 0.25) is 0 Å². The molecule has 1 heterocycles. The number of carbonyl (C=O) groups excluding carboxylic acids is 1. The van der Waals surface area contributed by atoms with Crippen LogP contribution < -0.4 is 11.1 Å². The van der Waals surface area contributed by atoms with Gasteiger partial charge in [-0.2, -0.15) is 0 Å². The average molecular weight is 270 g/mol. The standard InChI is InChI=1S/C15H18N4O/c16-10-4-6-11(7-5-10)19-15(20)12-2-1-3-13-14(12)18-9-8-17-13/h1-3,8-11H,4-7,16H2,(H,19,20). The molecular formula is C15H18N4O. The second-order valence-electron chi connectivity index (χ2n) is 5.31. The van der Waals surface area contributed by atoms with Crippen molar-refractivity contribution in [3.05, 3.63) is 36.2 Å². The fourth-order valence-electron chi connectivity index (χ4n) is 2.70. The third-order valence-electron chi connectivity index (χ3n) is 3.85. The van der Waals surface area contributed by atoms with Crippen LogP contribution in [0.3, 0.4) is 0 Å². The summed E-state index contributed by atoms with van der Waals surface area (Å²) in [4.78, 5) is 20.9. The molecule has 20 heavy (non-hydrogen) atoms. The molecule has 3 N–H and O–H groups in total. The maximum atomic E-state index is 12.4. The van der Waals surface area contributed by atoms with E-state index in [9.17, 15) is 4.79 Å². The molecule has 0 saturated heterocycles. The molecule has 1 aliphatic carbocycles. The maximum absolute atomic E-state index is 12.4. The zero-order valence-electron chi connectivity index (χ0n) is 11.2. The molecule has 104 valence electrons. The summed E-state index contributed by atoms with van der Waals surface area (Å²) in [6.45, 7) is 0. The number of amides is 1. The highest BCUT2D eigenvalue weighted by atomic mass is 16.1. The molecule has 0 aliphatic heterocycles. The highest BCUT2D eigenvalue weighted by molar-refractivity contribution is 6.04. The number of para-hydroxylation sites is 1. The number of rotatable bonds is 2. The van der Waals surface area contributed by atoms with Gasteiger partial charge in [-0.15, -0.1) is 0 Å². The van der Waals surface area contributed by atoms with Crippen LogP contribution in [-0.2, 0) is 0 Å². The minimum Gasteiger partial charge on any atom is -0.349 e. The average Bonchev–Trinajstić information content (AvgIpc) is 2.49. The second-order valence-corrected chi connectivity index (χ2v) is 5.31. The normalized spacial score (nSPS) is 22.6. The smallest absolute Gasteiger partial charge is 0.253 e. The number of hydrogen-bond acceptors (Lipinski definition) is 4. The zero-order valence-corrected chi connectivity index (χ0v) is 11.2. The molecule has 0 unspecified atom stereocenters. The van der Waals surface area contributed by atoms with Crippen molar-refractivity contribution in [1.82, 2.24) is 15.3 Å². The molecule has 0 radical (unpaired) electrons. The molecular weight excluding hydrogens is 252 g/mol. The molecule has 1 aromatic heterocycles. The molecule has 1 saturated carbocycles. The molecule has 1 aliphatic rings. The molecule has 0 bridgehead atoms. The summed E-state index contributed by atoms with van der Waals surface area (Å²) in [7, 11) is 0. The summed E-state index contributed by atoms with van der Waals surface area (Å²) < 4.78 is 0. The van der Waals surface area contributed by atoms with E-state index in [0.717, 1.165) is 31.2 Å². The van der Waals surface area contributed by atoms with Crippen LogP contribution in [0.15, 0.2) is 30.6 Å². The van der Waals surface area contributed by atoms with E-state index in [1.54, 1.807) is 18.5 Å². The SMILES string of the molecule is NC1CCC(NC(=O)c2cccc3nccnc23)CC1. The highest BCUT2D eigenvalue weighted by Crippen LogP contribution is 2.19. The second kappa shape index (κ2) is 5.54. The van der Waals surface area contributed by atoms with E-state index in [-0.39, 0.29) is 18.0 Å². The van der Waals surface area contributed by atoms with Crippen molar-refractivity contribution in [2.45, 2.75) is 37.8 Å². The quantitative estimate of drug-likeness (QED) is 0.869. The van der Waals surface area contributed by atoms with Gasteiger partial charge in [-0.05, 0) is 37.8 Å². The third-order valence-corrected chi connectivity index (χ3v) is 3.85. The number of nitrogens with one attached hydrogen (secondary N) is 1. The minimum absolute atomic E-state index is 0.0726. The molecule has 0 atom stereocenters. The van der Waals surface area contributed by atoms with Gasteiger partial charge in [-0.25, -0.2) is 0 Å². The molecule has 2 aromatic rings. The van der Waals surface area contributed by atoms with Crippen LogP contribution in [0.4, 0.5) is 0 Å². The van der Waals surface area contributed by atoms with Crippen molar-refractivity contribution < 1.29 is 4.79 Å². The first kappa shape index (κ1) is 13.0. The monoisotopic (exact) mass is 270 g/mol. The number of aromatic nitrogens is 2. The van der Waals surface area contributed by atoms with Gasteiger partial charge in [0.05, 0.1) is 11.1 Å². The van der Waals surface area contributed by atoms with Crippen molar-refractivity contribution in [2.75, 3.05) is 0 Å². The molecule has 1 fully saturated rings. The van der Waals surface area contributed by atoms with Crippen molar-refractivity contribution in [2.24, 2.45) is 5.73 Å². The van der Waals surface area contributed by atoms with E-state index < -0.39 is 0 Å². The Morgan fingerprint density at radius 3 is 2.70 bits per heavy atom. The lowest BCUT2D eigenvalue weighted by atomic mass is 9.91. The van der Waals surface area contributed by atoms with Gasteiger partial charge < -0.3 is 11.1 Å². The summed E-state index contributed by atoms with van der Waals surface area (Å²) in [6, 6.07) is 5.99. The van der Waals surface area contributed by atoms with Crippen LogP contribution in [-0.4, -0.2) is 28.0 Å². The van der Waals surface area contributed by atoms with E-state index in [2.05, 4.69) is 15.3 Å². The molecule has 5 nitrogen and oxygen atoms in total. The topological polar surface area (TPSA) is 80.9 Å². The third kappa shape index (κ3) is 2.63. The maximum Gasteiger partial charge on any atom is 0.253 e. The Kier molecular flexibility index (Phi) is 3.60. The first-order valence-corrected chi connectivity index (χ1v) is 7.00. The fourth-order valence-corrected chi connectivity index (χ4v) is 2.70. The Bertz CT molecular complexity index is 615. The van der Waals surface area contributed by atoms with Gasteiger partial charge in [0.1, 0.15) is 5.52 Å². The van der Waals surface area contributed by atoms with E-state index in [1.807, 2.05) is 12.1 Å². The number of nitrogens with zero attached hydrogens (tertiary/aromatic N) is 2. The zero-order chi connectivity index (χ0) is 13.9. The lowest BCUT2D eigenvalue weighted by Gasteiger charge is -2.26. The largest absolute Gasteiger partial charge is 0.349 e. The Morgan fingerprint density at radius 1 is 1.15 bits per heavy atom. The van der Waals surface area contributed by atoms with Gasteiger partial charge in [0.2, 0.25) is 0 Å². The van der Waals surface area contributed by atoms with E-state index in [0.29, 0.717) is 11.1 Å². The molecule has 0 spiro atoms. The first-order chi connectivity index (χ1) is 9.74. The number of benzene rings is 1. The predicted octanol–water partition coefficient (Wildman–Crippen LogP) is 1.63. The fraction of sp³-hybridized carbons (Fsp3) is 0.400. The summed E-state index contributed by atoms with van der Waals surface area (Å²) in [5, 5.41) is 3.09. The lowest BCUT2D eigenvalue weighted by Crippen LogP contribution is -2.40. The van der Waals surface area contributed by atoms with Gasteiger partial charge in [-0.1, -0.05) is 6.07 Å². The van der Waals surface area contributed by atoms with Crippen LogP contribution in [0.5, 0.6) is 0 Å². The Balaban J connectivity index is 1.79. The number of carbonyl (C=O) groups is 1. The highest BCUT2D eigenvalue weighted by Gasteiger charge is 2.21. The number of fused-ring (bicyclic) bond motifs is 1. The van der Waals surface area contributed by atoms with Gasteiger partial charge in [0.15, 0.2) is 0 Å². The first-order valence-electron chi connectivity index (χ1n) is 7.00. The van der Waals surface area contributed by atoms with Crippen LogP contribution in [0, 0.1) is 0 Å². The molecule has 1 aromatic carbocycles. The summed E-state index contributed by atoms with van der Waals surface area (Å²) >= 11 is 0. The van der Waals surface area contributed by atoms with Gasteiger partial charge in [0.25, 0.3) is 5.91 Å². The van der Waals surface area contributed by atoms with E-state index >= 15 is 0 Å². The minimum atomic E-state index is -0.0726. The van der Waals surface area contributed by atoms with Gasteiger partial charge in [0, 0.05) is 24.5 Å². The Labute approximate surface area is 117 Å². The number of hydrogen-bond donors (Lipinski definition) is 2. The molecule has 1 amide bonds. The van der Waals surface area contributed by atoms with Crippen LogP contribution in [0.1, 0.15) is 36.0 Å². The molecule has 5 heteroatoms. The Hall–Kier alpha value is -2.01. The lowest BCUT2D eigenvalue weighted by molar-refractivity contribution is 0.0927. The predicted molar refractivity (Wildman–Crippen MR) is 77.2 cm³/mol. The van der Waals surface area contributed by atoms with Crippen molar-refractivity contribution >= 4 is 16.9 Å². The van der Waals surface area contributed by atoms with Gasteiger partial charge >= 0.3 is 0 Å². The van der Waals surface area contributed by atoms with Crippen molar-refractivity contribution in [1.29, 1.82) is 0 Å². The van der Waals surface area contributed by atoms with Crippen molar-refractivity contribution in [3.63, 3.8) is 0 Å². The van der Waals surface area contributed by atoms with E-state index in [4.69, 9.17) is 5.73 Å². The summed E-state index contributed by atoms with van der Waals surface area (Å²) in [6.07, 6.45) is 7.08. The van der Waals surface area contributed by atoms with Crippen LogP contribution in [0.25, 0.3) is 11.0 Å². The van der Waals surface area contributed by atoms with Gasteiger partial charge in [-0.3, -0.25) is 14.8 Å². The van der Waals surface area contributed by atoms with Crippen LogP contribution >= 0.6 is 0 Å². The van der Waals surface area contributed by atoms with E-state index in [1.165, 1.54) is 0 Å².